The zero-order valence-corrected chi connectivity index (χ0v) is 9.28. The normalized spacial score (nSPS) is 10.1. The minimum absolute atomic E-state index is 0.257. The first-order valence-electron chi connectivity index (χ1n) is 4.65. The first kappa shape index (κ1) is 10.7. The first-order chi connectivity index (χ1) is 7.70. The number of carbonyl (C=O) groups excluding carboxylic acids is 1. The number of halogens is 1. The van der Waals surface area contributed by atoms with Crippen molar-refractivity contribution in [1.82, 2.24) is 10.5 Å². The summed E-state index contributed by atoms with van der Waals surface area (Å²) in [5.41, 5.74) is 1.08. The Kier molecular flexibility index (Phi) is 2.92. The van der Waals surface area contributed by atoms with Crippen molar-refractivity contribution in [2.75, 3.05) is 7.05 Å². The third-order valence-corrected chi connectivity index (χ3v) is 2.35. The highest BCUT2D eigenvalue weighted by molar-refractivity contribution is 6.30. The number of benzene rings is 1. The minimum atomic E-state index is -0.274. The van der Waals surface area contributed by atoms with Crippen LogP contribution in [0, 0.1) is 0 Å². The fourth-order valence-corrected chi connectivity index (χ4v) is 1.39. The van der Waals surface area contributed by atoms with Crippen LogP contribution in [0.3, 0.4) is 0 Å². The van der Waals surface area contributed by atoms with Crippen molar-refractivity contribution >= 4 is 17.5 Å². The monoisotopic (exact) mass is 236 g/mol. The Morgan fingerprint density at radius 1 is 1.38 bits per heavy atom. The molecule has 5 heteroatoms. The molecule has 1 aromatic carbocycles. The summed E-state index contributed by atoms with van der Waals surface area (Å²) in [5, 5.41) is 6.79. The average Bonchev–Trinajstić information content (AvgIpc) is 2.78. The first-order valence-corrected chi connectivity index (χ1v) is 5.03. The predicted octanol–water partition coefficient (Wildman–Crippen LogP) is 2.35. The maximum absolute atomic E-state index is 11.3. The van der Waals surface area contributed by atoms with Gasteiger partial charge in [0.25, 0.3) is 5.91 Å². The number of amides is 1. The third kappa shape index (κ3) is 2.06. The molecule has 1 heterocycles. The molecule has 0 fully saturated rings. The van der Waals surface area contributed by atoms with Crippen molar-refractivity contribution < 1.29 is 9.32 Å². The van der Waals surface area contributed by atoms with E-state index in [-0.39, 0.29) is 11.6 Å². The molecule has 1 aromatic heterocycles. The lowest BCUT2D eigenvalue weighted by atomic mass is 10.1. The van der Waals surface area contributed by atoms with Gasteiger partial charge in [-0.15, -0.1) is 0 Å². The van der Waals surface area contributed by atoms with Gasteiger partial charge in [0.15, 0.2) is 11.5 Å². The van der Waals surface area contributed by atoms with Gasteiger partial charge in [0, 0.05) is 23.7 Å². The van der Waals surface area contributed by atoms with E-state index in [1.807, 2.05) is 0 Å². The molecule has 0 radical (unpaired) electrons. The van der Waals surface area contributed by atoms with Crippen LogP contribution in [0.2, 0.25) is 5.02 Å². The van der Waals surface area contributed by atoms with Crippen LogP contribution >= 0.6 is 11.6 Å². The van der Waals surface area contributed by atoms with E-state index in [9.17, 15) is 4.79 Å². The van der Waals surface area contributed by atoms with E-state index in [1.165, 1.54) is 0 Å². The van der Waals surface area contributed by atoms with Crippen molar-refractivity contribution in [3.63, 3.8) is 0 Å². The molecule has 0 aliphatic carbocycles. The lowest BCUT2D eigenvalue weighted by Gasteiger charge is -1.94. The van der Waals surface area contributed by atoms with Gasteiger partial charge >= 0.3 is 0 Å². The summed E-state index contributed by atoms with van der Waals surface area (Å²) >= 11 is 5.77. The Bertz CT molecular complexity index is 505. The fourth-order valence-electron chi connectivity index (χ4n) is 1.26. The number of hydrogen-bond donors (Lipinski definition) is 1. The fraction of sp³-hybridized carbons (Fsp3) is 0.0909. The SMILES string of the molecule is CNC(=O)c1cc(-c2ccc(Cl)cc2)on1. The van der Waals surface area contributed by atoms with Gasteiger partial charge in [0.05, 0.1) is 0 Å². The number of rotatable bonds is 2. The molecule has 0 atom stereocenters. The van der Waals surface area contributed by atoms with Gasteiger partial charge in [-0.05, 0) is 24.3 Å². The van der Waals surface area contributed by atoms with Gasteiger partial charge in [-0.25, -0.2) is 0 Å². The zero-order valence-electron chi connectivity index (χ0n) is 8.53. The van der Waals surface area contributed by atoms with Crippen LogP contribution < -0.4 is 5.32 Å². The predicted molar refractivity (Wildman–Crippen MR) is 60.3 cm³/mol. The van der Waals surface area contributed by atoms with E-state index in [1.54, 1.807) is 37.4 Å². The number of aromatic nitrogens is 1. The molecule has 1 N–H and O–H groups in total. The van der Waals surface area contributed by atoms with Crippen molar-refractivity contribution in [3.05, 3.63) is 41.0 Å². The molecule has 0 unspecified atom stereocenters. The molecule has 2 aromatic rings. The largest absolute Gasteiger partial charge is 0.355 e. The lowest BCUT2D eigenvalue weighted by Crippen LogP contribution is -2.17. The topological polar surface area (TPSA) is 55.1 Å². The summed E-state index contributed by atoms with van der Waals surface area (Å²) < 4.78 is 5.06. The van der Waals surface area contributed by atoms with Crippen LogP contribution in [0.5, 0.6) is 0 Å². The summed E-state index contributed by atoms with van der Waals surface area (Å²) in [6.45, 7) is 0. The Morgan fingerprint density at radius 2 is 2.06 bits per heavy atom. The van der Waals surface area contributed by atoms with Crippen LogP contribution in [-0.2, 0) is 0 Å². The van der Waals surface area contributed by atoms with E-state index in [4.69, 9.17) is 16.1 Å². The molecule has 2 rings (SSSR count). The maximum Gasteiger partial charge on any atom is 0.273 e. The van der Waals surface area contributed by atoms with Crippen molar-refractivity contribution in [3.8, 4) is 11.3 Å². The molecule has 0 bridgehead atoms. The summed E-state index contributed by atoms with van der Waals surface area (Å²) in [6, 6.07) is 8.69. The standard InChI is InChI=1S/C11H9ClN2O2/c1-13-11(15)9-6-10(16-14-9)7-2-4-8(12)5-3-7/h2-6H,1H3,(H,13,15). The molecule has 1 amide bonds. The lowest BCUT2D eigenvalue weighted by molar-refractivity contribution is 0.0954. The van der Waals surface area contributed by atoms with Crippen LogP contribution in [0.4, 0.5) is 0 Å². The van der Waals surface area contributed by atoms with Crippen LogP contribution in [0.15, 0.2) is 34.9 Å². The molecular formula is C11H9ClN2O2. The number of hydrogen-bond acceptors (Lipinski definition) is 3. The van der Waals surface area contributed by atoms with Gasteiger partial charge in [0.2, 0.25) is 0 Å². The summed E-state index contributed by atoms with van der Waals surface area (Å²) in [4.78, 5) is 11.3. The highest BCUT2D eigenvalue weighted by Gasteiger charge is 2.11. The van der Waals surface area contributed by atoms with Gasteiger partial charge < -0.3 is 9.84 Å². The van der Waals surface area contributed by atoms with E-state index >= 15 is 0 Å². The molecule has 0 saturated heterocycles. The summed E-state index contributed by atoms with van der Waals surface area (Å²) in [6.07, 6.45) is 0. The summed E-state index contributed by atoms with van der Waals surface area (Å²) in [7, 11) is 1.54. The van der Waals surface area contributed by atoms with Crippen molar-refractivity contribution in [2.45, 2.75) is 0 Å². The Morgan fingerprint density at radius 3 is 2.69 bits per heavy atom. The molecule has 0 spiro atoms. The molecule has 0 aliphatic rings. The average molecular weight is 237 g/mol. The second-order valence-corrected chi connectivity index (χ2v) is 3.60. The highest BCUT2D eigenvalue weighted by Crippen LogP contribution is 2.22. The number of carbonyl (C=O) groups is 1. The highest BCUT2D eigenvalue weighted by atomic mass is 35.5. The molecular weight excluding hydrogens is 228 g/mol. The van der Waals surface area contributed by atoms with Crippen molar-refractivity contribution in [2.24, 2.45) is 0 Å². The Hall–Kier alpha value is -1.81. The van der Waals surface area contributed by atoms with Gasteiger partial charge in [-0.2, -0.15) is 0 Å². The van der Waals surface area contributed by atoms with Crippen LogP contribution in [0.1, 0.15) is 10.5 Å². The summed E-state index contributed by atoms with van der Waals surface area (Å²) in [5.74, 6) is 0.263. The molecule has 16 heavy (non-hydrogen) atoms. The third-order valence-electron chi connectivity index (χ3n) is 2.10. The zero-order chi connectivity index (χ0) is 11.5. The Balaban J connectivity index is 2.31. The minimum Gasteiger partial charge on any atom is -0.355 e. The number of nitrogens with one attached hydrogen (secondary N) is 1. The van der Waals surface area contributed by atoms with E-state index in [0.29, 0.717) is 10.8 Å². The molecule has 4 nitrogen and oxygen atoms in total. The molecule has 0 saturated carbocycles. The van der Waals surface area contributed by atoms with Crippen LogP contribution in [-0.4, -0.2) is 18.1 Å². The van der Waals surface area contributed by atoms with E-state index in [2.05, 4.69) is 10.5 Å². The van der Waals surface area contributed by atoms with Gasteiger partial charge in [-0.3, -0.25) is 4.79 Å². The van der Waals surface area contributed by atoms with Gasteiger partial charge in [0.1, 0.15) is 0 Å². The maximum atomic E-state index is 11.3. The van der Waals surface area contributed by atoms with E-state index in [0.717, 1.165) is 5.56 Å². The van der Waals surface area contributed by atoms with Crippen LogP contribution in [0.25, 0.3) is 11.3 Å². The smallest absolute Gasteiger partial charge is 0.273 e. The second-order valence-electron chi connectivity index (χ2n) is 3.16. The quantitative estimate of drug-likeness (QED) is 0.871. The molecule has 82 valence electrons. The second kappa shape index (κ2) is 4.37. The Labute approximate surface area is 97.2 Å². The number of nitrogens with zero attached hydrogens (tertiary/aromatic N) is 1. The van der Waals surface area contributed by atoms with Crippen molar-refractivity contribution in [1.29, 1.82) is 0 Å². The van der Waals surface area contributed by atoms with E-state index < -0.39 is 0 Å². The van der Waals surface area contributed by atoms with Gasteiger partial charge in [-0.1, -0.05) is 16.8 Å². The molecule has 0 aliphatic heterocycles.